The quantitative estimate of drug-likeness (QED) is 0.480. The van der Waals surface area contributed by atoms with Crippen LogP contribution in [-0.4, -0.2) is 55.2 Å². The summed E-state index contributed by atoms with van der Waals surface area (Å²) in [7, 11) is 0. The van der Waals surface area contributed by atoms with Crippen molar-refractivity contribution in [3.8, 4) is 0 Å². The monoisotopic (exact) mass is 457 g/mol. The van der Waals surface area contributed by atoms with Gasteiger partial charge in [0, 0.05) is 37.6 Å². The van der Waals surface area contributed by atoms with Crippen LogP contribution in [0.3, 0.4) is 0 Å². The van der Waals surface area contributed by atoms with E-state index in [1.54, 1.807) is 11.3 Å². The topological polar surface area (TPSA) is 45.7 Å². The van der Waals surface area contributed by atoms with Crippen LogP contribution in [0.1, 0.15) is 24.0 Å². The van der Waals surface area contributed by atoms with Crippen molar-refractivity contribution in [1.29, 1.82) is 0 Å². The summed E-state index contributed by atoms with van der Waals surface area (Å²) in [6, 6.07) is 14.1. The first kappa shape index (κ1) is 22.2. The molecule has 1 fully saturated rings. The predicted octanol–water partition coefficient (Wildman–Crippen LogP) is 4.95. The van der Waals surface area contributed by atoms with E-state index in [9.17, 15) is 4.79 Å². The lowest BCUT2D eigenvalue weighted by Gasteiger charge is -2.27. The largest absolute Gasteiger partial charge is 0.379 e. The minimum atomic E-state index is 0.119. The molecule has 1 saturated heterocycles. The van der Waals surface area contributed by atoms with E-state index in [1.165, 1.54) is 5.56 Å². The van der Waals surface area contributed by atoms with Crippen molar-refractivity contribution in [1.82, 2.24) is 9.88 Å². The molecule has 0 aliphatic carbocycles. The van der Waals surface area contributed by atoms with Gasteiger partial charge in [0.25, 0.3) is 0 Å². The van der Waals surface area contributed by atoms with Crippen molar-refractivity contribution in [3.63, 3.8) is 0 Å². The van der Waals surface area contributed by atoms with Crippen LogP contribution in [0.25, 0.3) is 10.2 Å². The molecule has 1 aliphatic heterocycles. The molecule has 1 aromatic heterocycles. The summed E-state index contributed by atoms with van der Waals surface area (Å²) in [6.45, 7) is 7.10. The molecular weight excluding hydrogens is 430 g/mol. The van der Waals surface area contributed by atoms with E-state index in [2.05, 4.69) is 17.0 Å². The molecule has 0 radical (unpaired) electrons. The third-order valence-corrected chi connectivity index (χ3v) is 7.15. The number of thiazole rings is 1. The predicted molar refractivity (Wildman–Crippen MR) is 128 cm³/mol. The first-order valence-electron chi connectivity index (χ1n) is 10.8. The maximum Gasteiger partial charge on any atom is 0.229 e. The molecule has 0 atom stereocenters. The average molecular weight is 458 g/mol. The van der Waals surface area contributed by atoms with Crippen LogP contribution in [0, 0.1) is 6.92 Å². The highest BCUT2D eigenvalue weighted by Crippen LogP contribution is 2.34. The number of ether oxygens (including phenoxy) is 1. The second kappa shape index (κ2) is 10.6. The number of aryl methyl sites for hydroxylation is 2. The summed E-state index contributed by atoms with van der Waals surface area (Å²) in [5.74, 6) is 0.119. The van der Waals surface area contributed by atoms with Gasteiger partial charge in [-0.2, -0.15) is 0 Å². The number of rotatable bonds is 8. The van der Waals surface area contributed by atoms with E-state index in [4.69, 9.17) is 21.3 Å². The molecule has 0 saturated carbocycles. The summed E-state index contributed by atoms with van der Waals surface area (Å²) in [5, 5.41) is 1.47. The number of hydrogen-bond donors (Lipinski definition) is 0. The zero-order valence-electron chi connectivity index (χ0n) is 17.8. The number of carbonyl (C=O) groups excluding carboxylic acids is 1. The van der Waals surface area contributed by atoms with Crippen LogP contribution < -0.4 is 4.90 Å². The Hall–Kier alpha value is -1.99. The number of morpholine rings is 1. The Balaban J connectivity index is 1.49. The third-order valence-electron chi connectivity index (χ3n) is 5.70. The number of anilines is 1. The molecule has 1 aliphatic rings. The van der Waals surface area contributed by atoms with Crippen molar-refractivity contribution in [2.24, 2.45) is 0 Å². The Morgan fingerprint density at radius 1 is 1.19 bits per heavy atom. The molecule has 164 valence electrons. The van der Waals surface area contributed by atoms with E-state index in [-0.39, 0.29) is 5.91 Å². The normalized spacial score (nSPS) is 14.8. The fraction of sp³-hybridized carbons (Fsp3) is 0.417. The van der Waals surface area contributed by atoms with Gasteiger partial charge in [-0.05, 0) is 43.0 Å². The van der Waals surface area contributed by atoms with Crippen LogP contribution >= 0.6 is 22.9 Å². The van der Waals surface area contributed by atoms with Crippen LogP contribution in [0.2, 0.25) is 5.02 Å². The Morgan fingerprint density at radius 2 is 1.97 bits per heavy atom. The second-order valence-corrected chi connectivity index (χ2v) is 9.27. The van der Waals surface area contributed by atoms with Gasteiger partial charge in [-0.15, -0.1) is 0 Å². The highest BCUT2D eigenvalue weighted by Gasteiger charge is 2.21. The molecule has 4 rings (SSSR count). The fourth-order valence-electron chi connectivity index (χ4n) is 3.84. The van der Waals surface area contributed by atoms with Crippen molar-refractivity contribution in [2.45, 2.75) is 26.2 Å². The number of aromatic nitrogens is 1. The maximum atomic E-state index is 13.3. The smallest absolute Gasteiger partial charge is 0.229 e. The molecule has 0 bridgehead atoms. The average Bonchev–Trinajstić information content (AvgIpc) is 3.24. The molecule has 5 nitrogen and oxygen atoms in total. The first-order valence-corrected chi connectivity index (χ1v) is 12.0. The van der Waals surface area contributed by atoms with E-state index < -0.39 is 0 Å². The van der Waals surface area contributed by atoms with E-state index in [0.29, 0.717) is 18.0 Å². The van der Waals surface area contributed by atoms with Gasteiger partial charge < -0.3 is 4.74 Å². The summed E-state index contributed by atoms with van der Waals surface area (Å²) in [5.41, 5.74) is 3.03. The number of fused-ring (bicyclic) bond motifs is 1. The van der Waals surface area contributed by atoms with E-state index in [0.717, 1.165) is 66.6 Å². The van der Waals surface area contributed by atoms with Crippen molar-refractivity contribution >= 4 is 44.2 Å². The Bertz CT molecular complexity index is 1020. The summed E-state index contributed by atoms with van der Waals surface area (Å²) < 4.78 is 6.50. The van der Waals surface area contributed by atoms with Gasteiger partial charge in [-0.25, -0.2) is 4.98 Å². The number of carbonyl (C=O) groups is 1. The molecule has 3 aromatic rings. The van der Waals surface area contributed by atoms with Crippen LogP contribution in [0.4, 0.5) is 5.13 Å². The van der Waals surface area contributed by atoms with Gasteiger partial charge in [-0.3, -0.25) is 14.6 Å². The van der Waals surface area contributed by atoms with Crippen LogP contribution in [-0.2, 0) is 16.0 Å². The minimum absolute atomic E-state index is 0.119. The third kappa shape index (κ3) is 5.63. The number of nitrogens with zero attached hydrogens (tertiary/aromatic N) is 3. The van der Waals surface area contributed by atoms with Gasteiger partial charge in [0.15, 0.2) is 5.13 Å². The molecule has 0 unspecified atom stereocenters. The van der Waals surface area contributed by atoms with Crippen LogP contribution in [0.5, 0.6) is 0 Å². The number of halogens is 1. The lowest BCUT2D eigenvalue weighted by Crippen LogP contribution is -2.39. The van der Waals surface area contributed by atoms with Gasteiger partial charge in [0.05, 0.1) is 23.4 Å². The summed E-state index contributed by atoms with van der Waals surface area (Å²) in [6.07, 6.45) is 2.11. The first-order chi connectivity index (χ1) is 15.1. The molecule has 7 heteroatoms. The van der Waals surface area contributed by atoms with Crippen molar-refractivity contribution < 1.29 is 9.53 Å². The second-order valence-electron chi connectivity index (χ2n) is 7.85. The SMILES string of the molecule is Cc1c(Cl)ccc2sc(N(CCCN3CCOCC3)C(=O)CCc3ccccc3)nc12. The van der Waals surface area contributed by atoms with E-state index in [1.807, 2.05) is 42.2 Å². The standard InChI is InChI=1S/C24H28ClN3O2S/c1-18-20(25)9-10-21-23(18)26-24(31-21)28(13-5-12-27-14-16-30-17-15-27)22(29)11-8-19-6-3-2-4-7-19/h2-4,6-7,9-10H,5,8,11-17H2,1H3. The van der Waals surface area contributed by atoms with E-state index >= 15 is 0 Å². The van der Waals surface area contributed by atoms with Crippen molar-refractivity contribution in [3.05, 3.63) is 58.6 Å². The van der Waals surface area contributed by atoms with Gasteiger partial charge >= 0.3 is 0 Å². The highest BCUT2D eigenvalue weighted by atomic mass is 35.5. The summed E-state index contributed by atoms with van der Waals surface area (Å²) in [4.78, 5) is 22.4. The Morgan fingerprint density at radius 3 is 2.74 bits per heavy atom. The van der Waals surface area contributed by atoms with Crippen molar-refractivity contribution in [2.75, 3.05) is 44.3 Å². The fourth-order valence-corrected chi connectivity index (χ4v) is 5.06. The number of benzene rings is 2. The Labute approximate surface area is 192 Å². The van der Waals surface area contributed by atoms with Gasteiger partial charge in [-0.1, -0.05) is 53.3 Å². The minimum Gasteiger partial charge on any atom is -0.379 e. The lowest BCUT2D eigenvalue weighted by molar-refractivity contribution is -0.118. The highest BCUT2D eigenvalue weighted by molar-refractivity contribution is 7.22. The maximum absolute atomic E-state index is 13.3. The molecule has 0 N–H and O–H groups in total. The molecule has 2 heterocycles. The zero-order valence-corrected chi connectivity index (χ0v) is 19.4. The Kier molecular flexibility index (Phi) is 7.56. The molecule has 2 aromatic carbocycles. The number of hydrogen-bond acceptors (Lipinski definition) is 5. The number of amides is 1. The molecule has 0 spiro atoms. The van der Waals surface area contributed by atoms with Gasteiger partial charge in [0.1, 0.15) is 0 Å². The molecular formula is C24H28ClN3O2S. The molecule has 31 heavy (non-hydrogen) atoms. The molecule has 1 amide bonds. The lowest BCUT2D eigenvalue weighted by atomic mass is 10.1. The van der Waals surface area contributed by atoms with Crippen LogP contribution in [0.15, 0.2) is 42.5 Å². The van der Waals surface area contributed by atoms with Gasteiger partial charge in [0.2, 0.25) is 5.91 Å². The summed E-state index contributed by atoms with van der Waals surface area (Å²) >= 11 is 7.86. The zero-order chi connectivity index (χ0) is 21.6.